The quantitative estimate of drug-likeness (QED) is 0.799. The second-order valence-corrected chi connectivity index (χ2v) is 6.86. The van der Waals surface area contributed by atoms with Crippen molar-refractivity contribution in [2.75, 3.05) is 6.54 Å². The molecule has 5 nitrogen and oxygen atoms in total. The topological polar surface area (TPSA) is 78.0 Å². The normalized spacial score (nSPS) is 11.9. The van der Waals surface area contributed by atoms with E-state index in [9.17, 15) is 8.42 Å². The summed E-state index contributed by atoms with van der Waals surface area (Å²) in [7, 11) is -3.66. The molecule has 6 heteroatoms. The lowest BCUT2D eigenvalue weighted by Gasteiger charge is -2.10. The third-order valence-electron chi connectivity index (χ3n) is 3.76. The third kappa shape index (κ3) is 2.20. The molecule has 22 heavy (non-hydrogen) atoms. The zero-order valence-electron chi connectivity index (χ0n) is 12.2. The van der Waals surface area contributed by atoms with Crippen LogP contribution in [0, 0.1) is 6.92 Å². The summed E-state index contributed by atoms with van der Waals surface area (Å²) in [4.78, 5) is 4.34. The van der Waals surface area contributed by atoms with Gasteiger partial charge in [-0.1, -0.05) is 18.2 Å². The standard InChI is InChI=1S/C16H17N3O2S/c1-12-14(7-9-17)15-8-10-18-11-16(15)19(12)22(20,21)13-5-3-2-4-6-13/h2-6,8,10-11H,7,9,17H2,1H3. The number of rotatable bonds is 4. The van der Waals surface area contributed by atoms with Crippen LogP contribution in [0.1, 0.15) is 11.3 Å². The number of fused-ring (bicyclic) bond motifs is 1. The number of pyridine rings is 1. The molecule has 114 valence electrons. The first-order valence-electron chi connectivity index (χ1n) is 7.02. The number of aromatic nitrogens is 2. The summed E-state index contributed by atoms with van der Waals surface area (Å²) >= 11 is 0. The van der Waals surface area contributed by atoms with Crippen LogP contribution in [0.25, 0.3) is 10.9 Å². The molecule has 0 aliphatic carbocycles. The van der Waals surface area contributed by atoms with Gasteiger partial charge in [0.1, 0.15) is 0 Å². The van der Waals surface area contributed by atoms with Gasteiger partial charge in [0.15, 0.2) is 0 Å². The van der Waals surface area contributed by atoms with Crippen molar-refractivity contribution in [2.45, 2.75) is 18.2 Å². The smallest absolute Gasteiger partial charge is 0.268 e. The minimum atomic E-state index is -3.66. The van der Waals surface area contributed by atoms with Crippen LogP contribution >= 0.6 is 0 Å². The Labute approximate surface area is 129 Å². The van der Waals surface area contributed by atoms with Crippen molar-refractivity contribution in [3.05, 3.63) is 60.0 Å². The number of nitrogens with zero attached hydrogens (tertiary/aromatic N) is 2. The van der Waals surface area contributed by atoms with Crippen LogP contribution in [-0.2, 0) is 16.4 Å². The monoisotopic (exact) mass is 315 g/mol. The first kappa shape index (κ1) is 14.7. The van der Waals surface area contributed by atoms with Crippen molar-refractivity contribution in [1.82, 2.24) is 8.96 Å². The highest BCUT2D eigenvalue weighted by atomic mass is 32.2. The summed E-state index contributed by atoms with van der Waals surface area (Å²) in [5.74, 6) is 0. The molecule has 0 bridgehead atoms. The Kier molecular flexibility index (Phi) is 3.72. The number of hydrogen-bond donors (Lipinski definition) is 1. The third-order valence-corrected chi connectivity index (χ3v) is 5.58. The minimum absolute atomic E-state index is 0.262. The van der Waals surface area contributed by atoms with E-state index in [4.69, 9.17) is 5.73 Å². The molecule has 0 saturated heterocycles. The van der Waals surface area contributed by atoms with E-state index in [1.165, 1.54) is 3.97 Å². The van der Waals surface area contributed by atoms with Gasteiger partial charge in [0.05, 0.1) is 16.6 Å². The minimum Gasteiger partial charge on any atom is -0.330 e. The first-order valence-corrected chi connectivity index (χ1v) is 8.46. The van der Waals surface area contributed by atoms with Gasteiger partial charge >= 0.3 is 0 Å². The van der Waals surface area contributed by atoms with Crippen LogP contribution < -0.4 is 5.73 Å². The Bertz CT molecular complexity index is 915. The van der Waals surface area contributed by atoms with Crippen molar-refractivity contribution >= 4 is 20.9 Å². The molecule has 2 N–H and O–H groups in total. The molecule has 0 saturated carbocycles. The Morgan fingerprint density at radius 1 is 1.18 bits per heavy atom. The molecular weight excluding hydrogens is 298 g/mol. The lowest BCUT2D eigenvalue weighted by molar-refractivity contribution is 0.587. The van der Waals surface area contributed by atoms with E-state index in [0.717, 1.165) is 10.9 Å². The van der Waals surface area contributed by atoms with Crippen molar-refractivity contribution < 1.29 is 8.42 Å². The van der Waals surface area contributed by atoms with Crippen LogP contribution in [0.2, 0.25) is 0 Å². The van der Waals surface area contributed by atoms with Gasteiger partial charge in [0, 0.05) is 17.3 Å². The SMILES string of the molecule is Cc1c(CCN)c2ccncc2n1S(=O)(=O)c1ccccc1. The maximum atomic E-state index is 13.0. The molecule has 0 unspecified atom stereocenters. The molecule has 0 amide bonds. The molecular formula is C16H17N3O2S. The summed E-state index contributed by atoms with van der Waals surface area (Å²) < 4.78 is 27.4. The van der Waals surface area contributed by atoms with Crippen molar-refractivity contribution in [2.24, 2.45) is 5.73 Å². The van der Waals surface area contributed by atoms with E-state index in [1.807, 2.05) is 13.0 Å². The fraction of sp³-hybridized carbons (Fsp3) is 0.188. The lowest BCUT2D eigenvalue weighted by Crippen LogP contribution is -2.15. The van der Waals surface area contributed by atoms with E-state index in [-0.39, 0.29) is 4.90 Å². The van der Waals surface area contributed by atoms with E-state index >= 15 is 0 Å². The highest BCUT2D eigenvalue weighted by Gasteiger charge is 2.24. The van der Waals surface area contributed by atoms with E-state index in [2.05, 4.69) is 4.98 Å². The Morgan fingerprint density at radius 3 is 2.59 bits per heavy atom. The van der Waals surface area contributed by atoms with Crippen LogP contribution in [0.5, 0.6) is 0 Å². The summed E-state index contributed by atoms with van der Waals surface area (Å²) in [5.41, 5.74) is 7.92. The van der Waals surface area contributed by atoms with Crippen molar-refractivity contribution in [1.29, 1.82) is 0 Å². The second kappa shape index (κ2) is 5.55. The predicted molar refractivity (Wildman–Crippen MR) is 86.3 cm³/mol. The molecule has 0 atom stereocenters. The Hall–Kier alpha value is -2.18. The molecule has 0 fully saturated rings. The van der Waals surface area contributed by atoms with Crippen LogP contribution in [0.4, 0.5) is 0 Å². The summed E-state index contributed by atoms with van der Waals surface area (Å²) in [6, 6.07) is 10.3. The number of benzene rings is 1. The van der Waals surface area contributed by atoms with Crippen LogP contribution in [-0.4, -0.2) is 23.9 Å². The summed E-state index contributed by atoms with van der Waals surface area (Å²) in [6.07, 6.45) is 3.88. The Morgan fingerprint density at radius 2 is 1.91 bits per heavy atom. The zero-order chi connectivity index (χ0) is 15.7. The van der Waals surface area contributed by atoms with Gasteiger partial charge in [-0.05, 0) is 43.7 Å². The molecule has 0 spiro atoms. The fourth-order valence-corrected chi connectivity index (χ4v) is 4.36. The highest BCUT2D eigenvalue weighted by Crippen LogP contribution is 2.29. The average molecular weight is 315 g/mol. The number of nitrogens with two attached hydrogens (primary N) is 1. The molecule has 0 aliphatic heterocycles. The largest absolute Gasteiger partial charge is 0.330 e. The maximum absolute atomic E-state index is 13.0. The second-order valence-electron chi connectivity index (χ2n) is 5.08. The molecule has 1 aromatic carbocycles. The van der Waals surface area contributed by atoms with Gasteiger partial charge in [0.2, 0.25) is 0 Å². The Balaban J connectivity index is 2.34. The van der Waals surface area contributed by atoms with Gasteiger partial charge in [-0.15, -0.1) is 0 Å². The lowest BCUT2D eigenvalue weighted by atomic mass is 10.1. The highest BCUT2D eigenvalue weighted by molar-refractivity contribution is 7.90. The van der Waals surface area contributed by atoms with Gasteiger partial charge in [-0.3, -0.25) is 4.98 Å². The zero-order valence-corrected chi connectivity index (χ0v) is 13.0. The molecule has 2 heterocycles. The molecule has 2 aromatic heterocycles. The maximum Gasteiger partial charge on any atom is 0.268 e. The van der Waals surface area contributed by atoms with E-state index in [1.54, 1.807) is 42.7 Å². The van der Waals surface area contributed by atoms with Gasteiger partial charge < -0.3 is 5.73 Å². The average Bonchev–Trinajstić information content (AvgIpc) is 2.82. The van der Waals surface area contributed by atoms with Gasteiger partial charge in [0.25, 0.3) is 10.0 Å². The first-order chi connectivity index (χ1) is 10.6. The van der Waals surface area contributed by atoms with Crippen molar-refractivity contribution in [3.8, 4) is 0 Å². The molecule has 3 aromatic rings. The number of hydrogen-bond acceptors (Lipinski definition) is 4. The van der Waals surface area contributed by atoms with Crippen LogP contribution in [0.3, 0.4) is 0 Å². The molecule has 3 rings (SSSR count). The predicted octanol–water partition coefficient (Wildman–Crippen LogP) is 2.08. The van der Waals surface area contributed by atoms with Crippen LogP contribution in [0.15, 0.2) is 53.7 Å². The summed E-state index contributed by atoms with van der Waals surface area (Å²) in [6.45, 7) is 2.28. The molecule has 0 radical (unpaired) electrons. The van der Waals surface area contributed by atoms with E-state index < -0.39 is 10.0 Å². The summed E-state index contributed by atoms with van der Waals surface area (Å²) in [5, 5.41) is 0.887. The fourth-order valence-electron chi connectivity index (χ4n) is 2.77. The van der Waals surface area contributed by atoms with E-state index in [0.29, 0.717) is 24.2 Å². The van der Waals surface area contributed by atoms with Gasteiger partial charge in [-0.25, -0.2) is 12.4 Å². The van der Waals surface area contributed by atoms with Crippen molar-refractivity contribution in [3.63, 3.8) is 0 Å². The van der Waals surface area contributed by atoms with Gasteiger partial charge in [-0.2, -0.15) is 0 Å². The molecule has 0 aliphatic rings.